The van der Waals surface area contributed by atoms with Crippen LogP contribution in [0.5, 0.6) is 5.75 Å². The number of nitrogens with one attached hydrogen (secondary N) is 2. The Balaban J connectivity index is 2.63. The number of hydrogen-bond donors (Lipinski definition) is 5. The summed E-state index contributed by atoms with van der Waals surface area (Å²) >= 11 is 0. The van der Waals surface area contributed by atoms with Gasteiger partial charge in [-0.2, -0.15) is 0 Å². The van der Waals surface area contributed by atoms with E-state index in [4.69, 9.17) is 26.7 Å². The van der Waals surface area contributed by atoms with Crippen molar-refractivity contribution in [1.82, 2.24) is 5.32 Å². The lowest BCUT2D eigenvalue weighted by atomic mass is 10.1. The lowest BCUT2D eigenvalue weighted by molar-refractivity contribution is -0.139. The summed E-state index contributed by atoms with van der Waals surface area (Å²) in [7, 11) is 0. The molecule has 0 amide bonds. The third-order valence-corrected chi connectivity index (χ3v) is 2.40. The van der Waals surface area contributed by atoms with Crippen LogP contribution in [0.25, 0.3) is 0 Å². The molecule has 1 aromatic rings. The number of guanidine groups is 1. The van der Waals surface area contributed by atoms with Crippen molar-refractivity contribution in [2.24, 2.45) is 11.5 Å². The maximum atomic E-state index is 10.8. The maximum Gasteiger partial charge on any atom is 0.320 e. The van der Waals surface area contributed by atoms with Gasteiger partial charge in [-0.1, -0.05) is 18.2 Å². The molecule has 7 N–H and O–H groups in total. The van der Waals surface area contributed by atoms with E-state index in [1.807, 2.05) is 18.2 Å². The highest BCUT2D eigenvalue weighted by molar-refractivity contribution is 5.74. The first-order valence-electron chi connectivity index (χ1n) is 5.77. The third kappa shape index (κ3) is 5.73. The van der Waals surface area contributed by atoms with Gasteiger partial charge >= 0.3 is 5.97 Å². The number of ether oxygens (including phenoxy) is 1. The van der Waals surface area contributed by atoms with Crippen molar-refractivity contribution >= 4 is 11.9 Å². The molecule has 0 fully saturated rings. The fraction of sp³-hybridized carbons (Fsp3) is 0.333. The Labute approximate surface area is 111 Å². The molecular formula is C12H18N4O3. The standard InChI is InChI=1S/C12H18N4O3/c13-10(11(17)18)6-9(7-16-12(14)15)19-8-4-2-1-3-5-8/h1-5,9-10H,6-7,13H2,(H,17,18)(H4,14,15,16)/t9?,10-/m0/s1. The molecule has 0 aliphatic heterocycles. The molecular weight excluding hydrogens is 248 g/mol. The summed E-state index contributed by atoms with van der Waals surface area (Å²) in [4.78, 5) is 10.8. The summed E-state index contributed by atoms with van der Waals surface area (Å²) in [5, 5.41) is 18.5. The number of benzene rings is 1. The minimum absolute atomic E-state index is 0.116. The van der Waals surface area contributed by atoms with Crippen LogP contribution in [0.2, 0.25) is 0 Å². The third-order valence-electron chi connectivity index (χ3n) is 2.40. The van der Waals surface area contributed by atoms with Gasteiger partial charge in [-0.05, 0) is 12.1 Å². The zero-order valence-electron chi connectivity index (χ0n) is 10.4. The first-order valence-corrected chi connectivity index (χ1v) is 5.77. The van der Waals surface area contributed by atoms with E-state index in [0.717, 1.165) is 0 Å². The summed E-state index contributed by atoms with van der Waals surface area (Å²) in [5.41, 5.74) is 10.7. The molecule has 0 bridgehead atoms. The fourth-order valence-electron chi connectivity index (χ4n) is 1.47. The van der Waals surface area contributed by atoms with Crippen LogP contribution in [0.4, 0.5) is 0 Å². The van der Waals surface area contributed by atoms with Gasteiger partial charge in [0, 0.05) is 6.42 Å². The Hall–Kier alpha value is -2.28. The molecule has 2 atom stereocenters. The first-order chi connectivity index (χ1) is 8.99. The number of aliphatic carboxylic acids is 1. The van der Waals surface area contributed by atoms with Crippen LogP contribution < -0.4 is 21.5 Å². The van der Waals surface area contributed by atoms with Gasteiger partial charge in [0.25, 0.3) is 0 Å². The second-order valence-corrected chi connectivity index (χ2v) is 4.03. The largest absolute Gasteiger partial charge is 0.489 e. The van der Waals surface area contributed by atoms with Gasteiger partial charge in [0.2, 0.25) is 0 Å². The quantitative estimate of drug-likeness (QED) is 0.340. The van der Waals surface area contributed by atoms with E-state index in [1.54, 1.807) is 12.1 Å². The topological polar surface area (TPSA) is 134 Å². The summed E-state index contributed by atoms with van der Waals surface area (Å²) in [6.45, 7) is 0.213. The molecule has 1 aromatic carbocycles. The van der Waals surface area contributed by atoms with E-state index < -0.39 is 18.1 Å². The van der Waals surface area contributed by atoms with Crippen molar-refractivity contribution in [3.05, 3.63) is 30.3 Å². The second kappa shape index (κ2) is 7.22. The Morgan fingerprint density at radius 1 is 1.42 bits per heavy atom. The highest BCUT2D eigenvalue weighted by Crippen LogP contribution is 2.13. The molecule has 0 spiro atoms. The molecule has 0 radical (unpaired) electrons. The van der Waals surface area contributed by atoms with Gasteiger partial charge in [-0.3, -0.25) is 10.2 Å². The van der Waals surface area contributed by atoms with Gasteiger partial charge in [-0.25, -0.2) is 0 Å². The lowest BCUT2D eigenvalue weighted by Gasteiger charge is -2.21. The highest BCUT2D eigenvalue weighted by atomic mass is 16.5. The molecule has 7 nitrogen and oxygen atoms in total. The number of carbonyl (C=O) groups is 1. The predicted octanol–water partition coefficient (Wildman–Crippen LogP) is -0.281. The molecule has 0 aromatic heterocycles. The van der Waals surface area contributed by atoms with Crippen molar-refractivity contribution in [3.63, 3.8) is 0 Å². The fourth-order valence-corrected chi connectivity index (χ4v) is 1.47. The van der Waals surface area contributed by atoms with Gasteiger partial charge in [0.15, 0.2) is 5.96 Å². The summed E-state index contributed by atoms with van der Waals surface area (Å²) in [5.74, 6) is -0.689. The SMILES string of the molecule is N=C(N)NCC(C[C@H](N)C(=O)O)Oc1ccccc1. The number of rotatable bonds is 7. The molecule has 0 saturated heterocycles. The predicted molar refractivity (Wildman–Crippen MR) is 71.0 cm³/mol. The number of hydrogen-bond acceptors (Lipinski definition) is 4. The van der Waals surface area contributed by atoms with E-state index in [9.17, 15) is 4.79 Å². The van der Waals surface area contributed by atoms with Gasteiger partial charge in [-0.15, -0.1) is 0 Å². The van der Waals surface area contributed by atoms with E-state index in [-0.39, 0.29) is 18.9 Å². The molecule has 0 heterocycles. The summed E-state index contributed by atoms with van der Waals surface area (Å²) in [6, 6.07) is 7.95. The Morgan fingerprint density at radius 3 is 2.58 bits per heavy atom. The van der Waals surface area contributed by atoms with Crippen molar-refractivity contribution in [2.75, 3.05) is 6.54 Å². The number of carboxylic acids is 1. The first kappa shape index (κ1) is 14.8. The zero-order valence-corrected chi connectivity index (χ0v) is 10.4. The molecule has 1 rings (SSSR count). The van der Waals surface area contributed by atoms with Gasteiger partial charge < -0.3 is 26.6 Å². The lowest BCUT2D eigenvalue weighted by Crippen LogP contribution is -2.43. The number of para-hydroxylation sites is 1. The molecule has 0 aliphatic carbocycles. The number of carboxylic acid groups (broad SMARTS) is 1. The molecule has 0 aliphatic rings. The van der Waals surface area contributed by atoms with Crippen LogP contribution in [-0.2, 0) is 4.79 Å². The average Bonchev–Trinajstić information content (AvgIpc) is 2.37. The Kier molecular flexibility index (Phi) is 5.62. The van der Waals surface area contributed by atoms with Crippen molar-refractivity contribution < 1.29 is 14.6 Å². The molecule has 0 saturated carbocycles. The van der Waals surface area contributed by atoms with Crippen LogP contribution in [-0.4, -0.2) is 35.7 Å². The Morgan fingerprint density at radius 2 is 2.05 bits per heavy atom. The normalized spacial score (nSPS) is 13.3. The minimum Gasteiger partial charge on any atom is -0.489 e. The Bertz CT molecular complexity index is 424. The van der Waals surface area contributed by atoms with Crippen LogP contribution >= 0.6 is 0 Å². The molecule has 7 heteroatoms. The van der Waals surface area contributed by atoms with E-state index in [0.29, 0.717) is 5.75 Å². The average molecular weight is 266 g/mol. The van der Waals surface area contributed by atoms with Crippen molar-refractivity contribution in [1.29, 1.82) is 5.41 Å². The van der Waals surface area contributed by atoms with E-state index in [1.165, 1.54) is 0 Å². The summed E-state index contributed by atoms with van der Waals surface area (Å²) < 4.78 is 5.63. The molecule has 1 unspecified atom stereocenters. The van der Waals surface area contributed by atoms with E-state index in [2.05, 4.69) is 5.32 Å². The molecule has 104 valence electrons. The van der Waals surface area contributed by atoms with Crippen LogP contribution in [0.3, 0.4) is 0 Å². The molecule has 19 heavy (non-hydrogen) atoms. The maximum absolute atomic E-state index is 10.8. The second-order valence-electron chi connectivity index (χ2n) is 4.03. The van der Waals surface area contributed by atoms with Gasteiger partial charge in [0.1, 0.15) is 17.9 Å². The van der Waals surface area contributed by atoms with Crippen molar-refractivity contribution in [2.45, 2.75) is 18.6 Å². The monoisotopic (exact) mass is 266 g/mol. The number of nitrogens with two attached hydrogens (primary N) is 2. The van der Waals surface area contributed by atoms with Crippen LogP contribution in [0.15, 0.2) is 30.3 Å². The van der Waals surface area contributed by atoms with E-state index >= 15 is 0 Å². The zero-order chi connectivity index (χ0) is 14.3. The highest BCUT2D eigenvalue weighted by Gasteiger charge is 2.20. The van der Waals surface area contributed by atoms with Gasteiger partial charge in [0.05, 0.1) is 6.54 Å². The van der Waals surface area contributed by atoms with Crippen LogP contribution in [0.1, 0.15) is 6.42 Å². The smallest absolute Gasteiger partial charge is 0.320 e. The summed E-state index contributed by atoms with van der Waals surface area (Å²) in [6.07, 6.45) is -0.373. The van der Waals surface area contributed by atoms with Crippen LogP contribution in [0, 0.1) is 5.41 Å². The van der Waals surface area contributed by atoms with Crippen molar-refractivity contribution in [3.8, 4) is 5.75 Å². The minimum atomic E-state index is -1.09.